The van der Waals surface area contributed by atoms with E-state index in [4.69, 9.17) is 0 Å². The molecule has 0 aliphatic heterocycles. The molecular formula is C15H8F16O. The second-order valence-corrected chi connectivity index (χ2v) is 6.32. The minimum atomic E-state index is -8.41. The van der Waals surface area contributed by atoms with Crippen molar-refractivity contribution in [3.8, 4) is 0 Å². The molecule has 1 aromatic carbocycles. The lowest BCUT2D eigenvalue weighted by Crippen LogP contribution is -2.72. The first-order chi connectivity index (χ1) is 13.9. The van der Waals surface area contributed by atoms with E-state index in [2.05, 4.69) is 0 Å². The smallest absolute Gasteiger partial charge is 0.388 e. The molecule has 32 heavy (non-hydrogen) atoms. The van der Waals surface area contributed by atoms with Crippen molar-refractivity contribution < 1.29 is 75.4 Å². The first-order valence-electron chi connectivity index (χ1n) is 7.66. The molecule has 0 spiro atoms. The molecule has 0 saturated carbocycles. The lowest BCUT2D eigenvalue weighted by molar-refractivity contribution is -0.453. The molecule has 1 rings (SSSR count). The number of halogens is 16. The summed E-state index contributed by atoms with van der Waals surface area (Å²) in [5, 5.41) is 9.36. The predicted molar refractivity (Wildman–Crippen MR) is 71.7 cm³/mol. The van der Waals surface area contributed by atoms with Crippen molar-refractivity contribution >= 4 is 0 Å². The Balaban J connectivity index is 3.47. The fourth-order valence-corrected chi connectivity index (χ4v) is 2.23. The summed E-state index contributed by atoms with van der Waals surface area (Å²) in [5.74, 6) is -49.1. The van der Waals surface area contributed by atoms with Gasteiger partial charge in [-0.3, -0.25) is 0 Å². The van der Waals surface area contributed by atoms with Gasteiger partial charge in [0, 0.05) is 12.0 Å². The van der Waals surface area contributed by atoms with Gasteiger partial charge in [0.05, 0.1) is 6.10 Å². The monoisotopic (exact) mass is 508 g/mol. The molecule has 0 aliphatic carbocycles. The molecular weight excluding hydrogens is 500 g/mol. The minimum Gasteiger partial charge on any atom is -0.388 e. The van der Waals surface area contributed by atoms with E-state index in [1.54, 1.807) is 0 Å². The van der Waals surface area contributed by atoms with Crippen molar-refractivity contribution in [2.24, 2.45) is 0 Å². The van der Waals surface area contributed by atoms with Gasteiger partial charge in [0.1, 0.15) is 5.82 Å². The molecule has 0 aliphatic rings. The zero-order valence-electron chi connectivity index (χ0n) is 14.6. The van der Waals surface area contributed by atoms with Crippen molar-refractivity contribution in [1.82, 2.24) is 0 Å². The predicted octanol–water partition coefficient (Wildman–Crippen LogP) is 6.62. The minimum absolute atomic E-state index is 0.442. The van der Waals surface area contributed by atoms with Crippen LogP contribution in [0.3, 0.4) is 0 Å². The highest BCUT2D eigenvalue weighted by Gasteiger charge is 2.93. The first kappa shape index (κ1) is 28.1. The maximum atomic E-state index is 13.7. The molecule has 0 heterocycles. The molecule has 1 unspecified atom stereocenters. The summed E-state index contributed by atoms with van der Waals surface area (Å²) < 4.78 is 209. The molecule has 0 saturated heterocycles. The van der Waals surface area contributed by atoms with Gasteiger partial charge >= 0.3 is 41.7 Å². The first-order valence-corrected chi connectivity index (χ1v) is 7.66. The number of hydrogen-bond acceptors (Lipinski definition) is 1. The third kappa shape index (κ3) is 3.96. The summed E-state index contributed by atoms with van der Waals surface area (Å²) in [6, 6.07) is 2.56. The SMILES string of the molecule is OC(CC(F)(F)C(F)(F)C(F)(F)C(F)(F)C(F)(F)C(F)(F)C(F)(F)F)c1ccccc1F. The van der Waals surface area contributed by atoms with Crippen molar-refractivity contribution in [3.63, 3.8) is 0 Å². The van der Waals surface area contributed by atoms with E-state index in [0.29, 0.717) is 12.1 Å². The topological polar surface area (TPSA) is 20.2 Å². The summed E-state index contributed by atoms with van der Waals surface area (Å²) in [5.41, 5.74) is -1.27. The molecule has 1 nitrogen and oxygen atoms in total. The summed E-state index contributed by atoms with van der Waals surface area (Å²) in [6.07, 6.45) is -13.9. The summed E-state index contributed by atoms with van der Waals surface area (Å²) >= 11 is 0. The molecule has 0 amide bonds. The van der Waals surface area contributed by atoms with E-state index in [1.165, 1.54) is 0 Å². The number of hydrogen-bond donors (Lipinski definition) is 1. The van der Waals surface area contributed by atoms with Crippen LogP contribution in [-0.2, 0) is 0 Å². The molecule has 0 bridgehead atoms. The van der Waals surface area contributed by atoms with E-state index >= 15 is 0 Å². The number of aliphatic hydroxyl groups excluding tert-OH is 1. The molecule has 0 aromatic heterocycles. The van der Waals surface area contributed by atoms with Crippen LogP contribution in [0.2, 0.25) is 0 Å². The number of aliphatic hydroxyl groups is 1. The Hall–Kier alpha value is -1.94. The van der Waals surface area contributed by atoms with Crippen LogP contribution in [0, 0.1) is 5.82 Å². The molecule has 17 heteroatoms. The highest BCUT2D eigenvalue weighted by Crippen LogP contribution is 2.63. The van der Waals surface area contributed by atoms with Crippen LogP contribution in [0.25, 0.3) is 0 Å². The Bertz CT molecular complexity index is 812. The van der Waals surface area contributed by atoms with Crippen molar-refractivity contribution in [2.75, 3.05) is 0 Å². The largest absolute Gasteiger partial charge is 0.460 e. The Morgan fingerprint density at radius 1 is 0.594 bits per heavy atom. The maximum absolute atomic E-state index is 13.7. The summed E-state index contributed by atoms with van der Waals surface area (Å²) in [4.78, 5) is 0. The molecule has 1 N–H and O–H groups in total. The van der Waals surface area contributed by atoms with Crippen LogP contribution in [0.4, 0.5) is 70.2 Å². The van der Waals surface area contributed by atoms with E-state index in [-0.39, 0.29) is 0 Å². The van der Waals surface area contributed by atoms with Crippen molar-refractivity contribution in [1.29, 1.82) is 0 Å². The molecule has 1 atom stereocenters. The van der Waals surface area contributed by atoms with Gasteiger partial charge < -0.3 is 5.11 Å². The zero-order chi connectivity index (χ0) is 25.8. The van der Waals surface area contributed by atoms with Gasteiger partial charge in [-0.25, -0.2) is 4.39 Å². The highest BCUT2D eigenvalue weighted by molar-refractivity contribution is 5.21. The molecule has 0 fully saturated rings. The normalized spacial score (nSPS) is 16.3. The van der Waals surface area contributed by atoms with E-state index < -0.39 is 65.6 Å². The average molecular weight is 508 g/mol. The number of alkyl halides is 15. The van der Waals surface area contributed by atoms with Crippen LogP contribution in [0.5, 0.6) is 0 Å². The standard InChI is InChI=1S/C15H8F16O/c16-7-4-2-1-3-6(7)8(32)5-9(17,18)10(19,20)11(21,22)12(23,24)13(25,26)14(27,28)15(29,30)31/h1-4,8,32H,5H2. The van der Waals surface area contributed by atoms with Crippen LogP contribution >= 0.6 is 0 Å². The Morgan fingerprint density at radius 3 is 1.38 bits per heavy atom. The van der Waals surface area contributed by atoms with Gasteiger partial charge in [-0.15, -0.1) is 0 Å². The third-order valence-corrected chi connectivity index (χ3v) is 4.11. The lowest BCUT2D eigenvalue weighted by atomic mass is 9.88. The summed E-state index contributed by atoms with van der Waals surface area (Å²) in [7, 11) is 0. The quantitative estimate of drug-likeness (QED) is 0.392. The van der Waals surface area contributed by atoms with E-state index in [9.17, 15) is 75.4 Å². The van der Waals surface area contributed by atoms with Crippen molar-refractivity contribution in [3.05, 3.63) is 35.6 Å². The fraction of sp³-hybridized carbons (Fsp3) is 0.600. The van der Waals surface area contributed by atoms with Gasteiger partial charge in [-0.05, 0) is 6.07 Å². The van der Waals surface area contributed by atoms with Gasteiger partial charge in [0.2, 0.25) is 0 Å². The van der Waals surface area contributed by atoms with E-state index in [1.807, 2.05) is 0 Å². The highest BCUT2D eigenvalue weighted by atomic mass is 19.4. The van der Waals surface area contributed by atoms with E-state index in [0.717, 1.165) is 12.1 Å². The Kier molecular flexibility index (Phi) is 6.87. The zero-order valence-corrected chi connectivity index (χ0v) is 14.6. The van der Waals surface area contributed by atoms with Gasteiger partial charge in [0.25, 0.3) is 0 Å². The fourth-order valence-electron chi connectivity index (χ4n) is 2.23. The van der Waals surface area contributed by atoms with Gasteiger partial charge in [-0.2, -0.15) is 65.9 Å². The van der Waals surface area contributed by atoms with Crippen LogP contribution in [0.15, 0.2) is 24.3 Å². The third-order valence-electron chi connectivity index (χ3n) is 4.11. The van der Waals surface area contributed by atoms with Crippen LogP contribution in [-0.4, -0.2) is 46.8 Å². The van der Waals surface area contributed by atoms with Crippen LogP contribution in [0.1, 0.15) is 18.1 Å². The van der Waals surface area contributed by atoms with Gasteiger partial charge in [-0.1, -0.05) is 18.2 Å². The van der Waals surface area contributed by atoms with Crippen molar-refractivity contribution in [2.45, 2.75) is 54.2 Å². The molecule has 1 aromatic rings. The molecule has 0 radical (unpaired) electrons. The average Bonchev–Trinajstić information content (AvgIpc) is 2.59. The van der Waals surface area contributed by atoms with Crippen LogP contribution < -0.4 is 0 Å². The second kappa shape index (κ2) is 7.83. The Labute approximate surface area is 166 Å². The summed E-state index contributed by atoms with van der Waals surface area (Å²) in [6.45, 7) is 0. The number of rotatable bonds is 8. The maximum Gasteiger partial charge on any atom is 0.460 e. The molecule has 186 valence electrons. The Morgan fingerprint density at radius 2 is 0.969 bits per heavy atom. The lowest BCUT2D eigenvalue weighted by Gasteiger charge is -2.41. The number of benzene rings is 1. The van der Waals surface area contributed by atoms with Gasteiger partial charge in [0.15, 0.2) is 0 Å². The second-order valence-electron chi connectivity index (χ2n) is 6.32.